The maximum Gasteiger partial charge on any atom is 0.145 e. The Morgan fingerprint density at radius 3 is 2.72 bits per heavy atom. The fourth-order valence-corrected chi connectivity index (χ4v) is 1.44. The summed E-state index contributed by atoms with van der Waals surface area (Å²) in [5.74, 6) is 0.128. The molecule has 0 fully saturated rings. The lowest BCUT2D eigenvalue weighted by atomic mass is 10.2. The Balaban J connectivity index is 2.34. The standard InChI is InChI=1S/C13H12FN3O/c1-8-2-4-10(7-17-8)18-12-5-3-9(14)6-11(12)13(15)16/h2-7H,1H3,(H3,15,16). The molecule has 2 aromatic rings. The summed E-state index contributed by atoms with van der Waals surface area (Å²) in [6.45, 7) is 1.86. The highest BCUT2D eigenvalue weighted by Crippen LogP contribution is 2.25. The smallest absolute Gasteiger partial charge is 0.145 e. The fourth-order valence-electron chi connectivity index (χ4n) is 1.44. The van der Waals surface area contributed by atoms with E-state index >= 15 is 0 Å². The molecule has 0 saturated carbocycles. The lowest BCUT2D eigenvalue weighted by Gasteiger charge is -2.10. The number of nitrogen functional groups attached to an aromatic ring is 1. The van der Waals surface area contributed by atoms with Crippen LogP contribution < -0.4 is 10.5 Å². The molecule has 0 spiro atoms. The first-order valence-corrected chi connectivity index (χ1v) is 5.31. The number of nitrogens with zero attached hydrogens (tertiary/aromatic N) is 1. The van der Waals surface area contributed by atoms with Gasteiger partial charge in [0.1, 0.15) is 23.2 Å². The van der Waals surface area contributed by atoms with Crippen LogP contribution in [0.1, 0.15) is 11.3 Å². The third kappa shape index (κ3) is 2.63. The van der Waals surface area contributed by atoms with Crippen molar-refractivity contribution in [2.24, 2.45) is 5.73 Å². The zero-order chi connectivity index (χ0) is 13.1. The first-order valence-electron chi connectivity index (χ1n) is 5.31. The van der Waals surface area contributed by atoms with Crippen molar-refractivity contribution >= 4 is 5.84 Å². The number of benzene rings is 1. The van der Waals surface area contributed by atoms with Crippen molar-refractivity contribution in [3.05, 3.63) is 53.6 Å². The number of amidine groups is 1. The number of hydrogen-bond acceptors (Lipinski definition) is 3. The van der Waals surface area contributed by atoms with Crippen LogP contribution in [0.4, 0.5) is 4.39 Å². The van der Waals surface area contributed by atoms with E-state index < -0.39 is 5.82 Å². The van der Waals surface area contributed by atoms with Crippen LogP contribution in [-0.4, -0.2) is 10.8 Å². The molecule has 0 bridgehead atoms. The van der Waals surface area contributed by atoms with Crippen LogP contribution in [0, 0.1) is 18.2 Å². The van der Waals surface area contributed by atoms with E-state index in [0.717, 1.165) is 5.69 Å². The molecule has 18 heavy (non-hydrogen) atoms. The maximum absolute atomic E-state index is 13.1. The summed E-state index contributed by atoms with van der Waals surface area (Å²) >= 11 is 0. The van der Waals surface area contributed by atoms with E-state index in [0.29, 0.717) is 11.5 Å². The van der Waals surface area contributed by atoms with Gasteiger partial charge in [0, 0.05) is 5.69 Å². The average Bonchev–Trinajstić information content (AvgIpc) is 2.34. The average molecular weight is 245 g/mol. The molecule has 0 saturated heterocycles. The highest BCUT2D eigenvalue weighted by Gasteiger charge is 2.09. The molecule has 3 N–H and O–H groups in total. The van der Waals surface area contributed by atoms with Crippen LogP contribution in [-0.2, 0) is 0 Å². The van der Waals surface area contributed by atoms with Crippen LogP contribution in [0.2, 0.25) is 0 Å². The van der Waals surface area contributed by atoms with Crippen LogP contribution in [0.3, 0.4) is 0 Å². The van der Waals surface area contributed by atoms with E-state index in [1.807, 2.05) is 6.92 Å². The topological polar surface area (TPSA) is 72.0 Å². The first-order chi connectivity index (χ1) is 8.56. The van der Waals surface area contributed by atoms with Gasteiger partial charge in [0.25, 0.3) is 0 Å². The van der Waals surface area contributed by atoms with Crippen molar-refractivity contribution in [1.82, 2.24) is 4.98 Å². The van der Waals surface area contributed by atoms with Gasteiger partial charge in [-0.15, -0.1) is 0 Å². The molecule has 5 heteroatoms. The highest BCUT2D eigenvalue weighted by molar-refractivity contribution is 5.97. The van der Waals surface area contributed by atoms with Crippen molar-refractivity contribution < 1.29 is 9.13 Å². The van der Waals surface area contributed by atoms with Gasteiger partial charge in [-0.1, -0.05) is 0 Å². The van der Waals surface area contributed by atoms with Gasteiger partial charge in [-0.25, -0.2) is 4.39 Å². The molecule has 1 aromatic heterocycles. The van der Waals surface area contributed by atoms with E-state index in [1.165, 1.54) is 18.2 Å². The van der Waals surface area contributed by atoms with Crippen molar-refractivity contribution in [1.29, 1.82) is 5.41 Å². The summed E-state index contributed by atoms with van der Waals surface area (Å²) in [6, 6.07) is 7.40. The van der Waals surface area contributed by atoms with Crippen molar-refractivity contribution in [3.63, 3.8) is 0 Å². The second-order valence-corrected chi connectivity index (χ2v) is 3.79. The van der Waals surface area contributed by atoms with E-state index in [-0.39, 0.29) is 11.4 Å². The van der Waals surface area contributed by atoms with Gasteiger partial charge in [-0.2, -0.15) is 0 Å². The summed E-state index contributed by atoms with van der Waals surface area (Å²) in [6.07, 6.45) is 1.56. The summed E-state index contributed by atoms with van der Waals surface area (Å²) < 4.78 is 18.6. The molecule has 2 rings (SSSR count). The molecule has 0 radical (unpaired) electrons. The fraction of sp³-hybridized carbons (Fsp3) is 0.0769. The SMILES string of the molecule is Cc1ccc(Oc2ccc(F)cc2C(=N)N)cn1. The second-order valence-electron chi connectivity index (χ2n) is 3.79. The third-order valence-electron chi connectivity index (χ3n) is 2.34. The van der Waals surface area contributed by atoms with Crippen LogP contribution in [0.5, 0.6) is 11.5 Å². The Morgan fingerprint density at radius 1 is 1.33 bits per heavy atom. The second kappa shape index (κ2) is 4.83. The van der Waals surface area contributed by atoms with Gasteiger partial charge < -0.3 is 10.5 Å². The quantitative estimate of drug-likeness (QED) is 0.645. The minimum absolute atomic E-state index is 0.218. The Hall–Kier alpha value is -2.43. The molecule has 0 aliphatic heterocycles. The molecule has 0 unspecified atom stereocenters. The Labute approximate surface area is 104 Å². The van der Waals surface area contributed by atoms with Gasteiger partial charge in [0.2, 0.25) is 0 Å². The normalized spacial score (nSPS) is 10.1. The molecule has 1 aromatic carbocycles. The molecule has 4 nitrogen and oxygen atoms in total. The molecular weight excluding hydrogens is 233 g/mol. The van der Waals surface area contributed by atoms with E-state index in [1.54, 1.807) is 18.3 Å². The zero-order valence-electron chi connectivity index (χ0n) is 9.77. The number of nitrogens with two attached hydrogens (primary N) is 1. The molecule has 0 aliphatic carbocycles. The largest absolute Gasteiger partial charge is 0.455 e. The zero-order valence-corrected chi connectivity index (χ0v) is 9.77. The summed E-state index contributed by atoms with van der Waals surface area (Å²) in [7, 11) is 0. The van der Waals surface area contributed by atoms with Crippen LogP contribution in [0.15, 0.2) is 36.5 Å². The molecule has 0 aliphatic rings. The number of aryl methyl sites for hydroxylation is 1. The summed E-state index contributed by atoms with van der Waals surface area (Å²) in [5.41, 5.74) is 6.47. The van der Waals surface area contributed by atoms with Gasteiger partial charge in [0.05, 0.1) is 11.8 Å². The predicted octanol–water partition coefficient (Wildman–Crippen LogP) is 2.61. The Morgan fingerprint density at radius 2 is 2.11 bits per heavy atom. The van der Waals surface area contributed by atoms with Crippen molar-refractivity contribution in [2.45, 2.75) is 6.92 Å². The van der Waals surface area contributed by atoms with Crippen molar-refractivity contribution in [3.8, 4) is 11.5 Å². The predicted molar refractivity (Wildman–Crippen MR) is 66.5 cm³/mol. The number of ether oxygens (including phenoxy) is 1. The van der Waals surface area contributed by atoms with Gasteiger partial charge in [-0.05, 0) is 37.3 Å². The monoisotopic (exact) mass is 245 g/mol. The number of hydrogen-bond donors (Lipinski definition) is 2. The van der Waals surface area contributed by atoms with Crippen LogP contribution in [0.25, 0.3) is 0 Å². The number of halogens is 1. The van der Waals surface area contributed by atoms with E-state index in [9.17, 15) is 4.39 Å². The minimum atomic E-state index is -0.463. The number of nitrogens with one attached hydrogen (secondary N) is 1. The number of aromatic nitrogens is 1. The lowest BCUT2D eigenvalue weighted by molar-refractivity contribution is 0.476. The third-order valence-corrected chi connectivity index (χ3v) is 2.34. The first kappa shape index (κ1) is 12.0. The molecule has 1 heterocycles. The Kier molecular flexibility index (Phi) is 3.23. The van der Waals surface area contributed by atoms with E-state index in [2.05, 4.69) is 4.98 Å². The lowest BCUT2D eigenvalue weighted by Crippen LogP contribution is -2.12. The highest BCUT2D eigenvalue weighted by atomic mass is 19.1. The van der Waals surface area contributed by atoms with E-state index in [4.69, 9.17) is 15.9 Å². The minimum Gasteiger partial charge on any atom is -0.455 e. The van der Waals surface area contributed by atoms with Gasteiger partial charge in [-0.3, -0.25) is 10.4 Å². The number of pyridine rings is 1. The molecule has 0 atom stereocenters. The summed E-state index contributed by atoms with van der Waals surface area (Å²) in [5, 5.41) is 7.39. The molecule has 0 amide bonds. The maximum atomic E-state index is 13.1. The summed E-state index contributed by atoms with van der Waals surface area (Å²) in [4.78, 5) is 4.08. The van der Waals surface area contributed by atoms with Gasteiger partial charge in [0.15, 0.2) is 0 Å². The number of rotatable bonds is 3. The molecular formula is C13H12FN3O. The van der Waals surface area contributed by atoms with Gasteiger partial charge >= 0.3 is 0 Å². The Bertz CT molecular complexity index is 581. The van der Waals surface area contributed by atoms with Crippen LogP contribution >= 0.6 is 0 Å². The van der Waals surface area contributed by atoms with Crippen molar-refractivity contribution in [2.75, 3.05) is 0 Å². The molecule has 92 valence electrons.